The average molecular weight is 276 g/mol. The third-order valence-electron chi connectivity index (χ3n) is 4.78. The van der Waals surface area contributed by atoms with Gasteiger partial charge in [0.15, 0.2) is 0 Å². The van der Waals surface area contributed by atoms with E-state index >= 15 is 0 Å². The Balaban J connectivity index is 1.66. The summed E-state index contributed by atoms with van der Waals surface area (Å²) < 4.78 is 11.4. The highest BCUT2D eigenvalue weighted by Gasteiger charge is 2.44. The first-order valence-corrected chi connectivity index (χ1v) is 7.77. The molecule has 2 fully saturated rings. The van der Waals surface area contributed by atoms with Crippen LogP contribution in [-0.4, -0.2) is 23.9 Å². The van der Waals surface area contributed by atoms with E-state index in [1.807, 2.05) is 31.2 Å². The highest BCUT2D eigenvalue weighted by Crippen LogP contribution is 2.47. The maximum absolute atomic E-state index is 10.6. The minimum atomic E-state index is -0.382. The Kier molecular flexibility index (Phi) is 3.99. The zero-order valence-corrected chi connectivity index (χ0v) is 12.2. The van der Waals surface area contributed by atoms with Crippen molar-refractivity contribution in [1.82, 2.24) is 0 Å². The second-order valence-corrected chi connectivity index (χ2v) is 6.08. The first-order chi connectivity index (χ1) is 9.72. The zero-order chi connectivity index (χ0) is 14.0. The number of hydrogen-bond donors (Lipinski definition) is 1. The molecular weight excluding hydrogens is 252 g/mol. The van der Waals surface area contributed by atoms with Gasteiger partial charge in [-0.25, -0.2) is 0 Å². The first-order valence-electron chi connectivity index (χ1n) is 7.77. The molecule has 3 rings (SSSR count). The van der Waals surface area contributed by atoms with Crippen molar-refractivity contribution in [2.24, 2.45) is 5.92 Å². The van der Waals surface area contributed by atoms with Gasteiger partial charge < -0.3 is 14.6 Å². The van der Waals surface area contributed by atoms with Crippen LogP contribution in [0.5, 0.6) is 5.75 Å². The molecule has 1 heterocycles. The standard InChI is InChI=1S/C17H24O3/c1-2-19-15-6-4-13(5-7-15)16(18)14-8-11-20-17(12-14)9-3-10-17/h4-7,14,16,18H,2-3,8-12H2,1H3. The Morgan fingerprint density at radius 3 is 2.70 bits per heavy atom. The van der Waals surface area contributed by atoms with Gasteiger partial charge >= 0.3 is 0 Å². The van der Waals surface area contributed by atoms with Crippen molar-refractivity contribution < 1.29 is 14.6 Å². The lowest BCUT2D eigenvalue weighted by Gasteiger charge is -2.48. The molecule has 1 saturated heterocycles. The fourth-order valence-corrected chi connectivity index (χ4v) is 3.45. The number of hydrogen-bond acceptors (Lipinski definition) is 3. The number of ether oxygens (including phenoxy) is 2. The molecule has 0 bridgehead atoms. The molecule has 0 amide bonds. The van der Waals surface area contributed by atoms with E-state index in [9.17, 15) is 5.11 Å². The van der Waals surface area contributed by atoms with Gasteiger partial charge in [-0.1, -0.05) is 12.1 Å². The monoisotopic (exact) mass is 276 g/mol. The van der Waals surface area contributed by atoms with Gasteiger partial charge in [0.1, 0.15) is 5.75 Å². The molecule has 2 atom stereocenters. The Bertz CT molecular complexity index is 436. The van der Waals surface area contributed by atoms with Gasteiger partial charge in [-0.05, 0) is 62.6 Å². The molecule has 1 aromatic carbocycles. The van der Waals surface area contributed by atoms with E-state index in [0.29, 0.717) is 12.5 Å². The molecule has 0 aromatic heterocycles. The van der Waals surface area contributed by atoms with Crippen LogP contribution in [-0.2, 0) is 4.74 Å². The molecule has 2 aliphatic rings. The molecule has 1 N–H and O–H groups in total. The van der Waals surface area contributed by atoms with Crippen LogP contribution in [0.2, 0.25) is 0 Å². The summed E-state index contributed by atoms with van der Waals surface area (Å²) in [5, 5.41) is 10.6. The van der Waals surface area contributed by atoms with Crippen molar-refractivity contribution in [2.75, 3.05) is 13.2 Å². The van der Waals surface area contributed by atoms with Gasteiger partial charge in [0, 0.05) is 6.61 Å². The summed E-state index contributed by atoms with van der Waals surface area (Å²) in [4.78, 5) is 0. The fourth-order valence-electron chi connectivity index (χ4n) is 3.45. The zero-order valence-electron chi connectivity index (χ0n) is 12.2. The highest BCUT2D eigenvalue weighted by molar-refractivity contribution is 5.29. The smallest absolute Gasteiger partial charge is 0.119 e. The van der Waals surface area contributed by atoms with Gasteiger partial charge in [-0.3, -0.25) is 0 Å². The molecule has 1 spiro atoms. The lowest BCUT2D eigenvalue weighted by molar-refractivity contribution is -0.157. The van der Waals surface area contributed by atoms with E-state index in [2.05, 4.69) is 0 Å². The summed E-state index contributed by atoms with van der Waals surface area (Å²) in [7, 11) is 0. The predicted octanol–water partition coefficient (Wildman–Crippen LogP) is 3.47. The van der Waals surface area contributed by atoms with E-state index in [-0.39, 0.29) is 11.7 Å². The average Bonchev–Trinajstić information content (AvgIpc) is 2.46. The summed E-state index contributed by atoms with van der Waals surface area (Å²) in [6, 6.07) is 7.86. The fraction of sp³-hybridized carbons (Fsp3) is 0.647. The molecule has 0 radical (unpaired) electrons. The summed E-state index contributed by atoms with van der Waals surface area (Å²) in [6.07, 6.45) is 5.18. The Morgan fingerprint density at radius 1 is 1.35 bits per heavy atom. The van der Waals surface area contributed by atoms with Crippen molar-refractivity contribution >= 4 is 0 Å². The molecule has 1 aliphatic carbocycles. The lowest BCUT2D eigenvalue weighted by atomic mass is 9.70. The highest BCUT2D eigenvalue weighted by atomic mass is 16.5. The van der Waals surface area contributed by atoms with Gasteiger partial charge in [-0.2, -0.15) is 0 Å². The van der Waals surface area contributed by atoms with Crippen LogP contribution in [0.15, 0.2) is 24.3 Å². The Labute approximate surface area is 120 Å². The van der Waals surface area contributed by atoms with Gasteiger partial charge in [0.05, 0.1) is 18.3 Å². The maximum atomic E-state index is 10.6. The summed E-state index contributed by atoms with van der Waals surface area (Å²) >= 11 is 0. The van der Waals surface area contributed by atoms with Crippen LogP contribution in [0.3, 0.4) is 0 Å². The lowest BCUT2D eigenvalue weighted by Crippen LogP contribution is -2.46. The van der Waals surface area contributed by atoms with Crippen molar-refractivity contribution in [3.05, 3.63) is 29.8 Å². The minimum absolute atomic E-state index is 0.0924. The normalized spacial score (nSPS) is 26.0. The molecule has 3 heteroatoms. The number of rotatable bonds is 4. The van der Waals surface area contributed by atoms with Crippen LogP contribution >= 0.6 is 0 Å². The SMILES string of the molecule is CCOc1ccc(C(O)C2CCOC3(CCC3)C2)cc1. The van der Waals surface area contributed by atoms with Crippen LogP contribution in [0.1, 0.15) is 50.7 Å². The van der Waals surface area contributed by atoms with Crippen molar-refractivity contribution in [3.63, 3.8) is 0 Å². The maximum Gasteiger partial charge on any atom is 0.119 e. The van der Waals surface area contributed by atoms with E-state index in [0.717, 1.165) is 30.8 Å². The molecular formula is C17H24O3. The topological polar surface area (TPSA) is 38.7 Å². The number of benzene rings is 1. The molecule has 2 unspecified atom stereocenters. The summed E-state index contributed by atoms with van der Waals surface area (Å²) in [6.45, 7) is 3.44. The molecule has 1 saturated carbocycles. The second-order valence-electron chi connectivity index (χ2n) is 6.08. The summed E-state index contributed by atoms with van der Waals surface area (Å²) in [5.41, 5.74) is 1.09. The first kappa shape index (κ1) is 13.9. The largest absolute Gasteiger partial charge is 0.494 e. The Morgan fingerprint density at radius 2 is 2.10 bits per heavy atom. The molecule has 1 aromatic rings. The van der Waals surface area contributed by atoms with Crippen molar-refractivity contribution in [1.29, 1.82) is 0 Å². The second kappa shape index (κ2) is 5.74. The van der Waals surface area contributed by atoms with Gasteiger partial charge in [0.25, 0.3) is 0 Å². The Hall–Kier alpha value is -1.06. The minimum Gasteiger partial charge on any atom is -0.494 e. The van der Waals surface area contributed by atoms with E-state index in [1.54, 1.807) is 0 Å². The van der Waals surface area contributed by atoms with E-state index in [4.69, 9.17) is 9.47 Å². The van der Waals surface area contributed by atoms with Crippen molar-refractivity contribution in [3.8, 4) is 5.75 Å². The third-order valence-corrected chi connectivity index (χ3v) is 4.78. The van der Waals surface area contributed by atoms with Crippen LogP contribution in [0.4, 0.5) is 0 Å². The van der Waals surface area contributed by atoms with E-state index < -0.39 is 0 Å². The van der Waals surface area contributed by atoms with Gasteiger partial charge in [-0.15, -0.1) is 0 Å². The molecule has 1 aliphatic heterocycles. The number of aliphatic hydroxyl groups is 1. The summed E-state index contributed by atoms with van der Waals surface area (Å²) in [5.74, 6) is 1.19. The molecule has 110 valence electrons. The van der Waals surface area contributed by atoms with Crippen LogP contribution < -0.4 is 4.74 Å². The van der Waals surface area contributed by atoms with E-state index in [1.165, 1.54) is 19.3 Å². The molecule has 3 nitrogen and oxygen atoms in total. The predicted molar refractivity (Wildman–Crippen MR) is 77.8 cm³/mol. The van der Waals surface area contributed by atoms with Crippen LogP contribution in [0, 0.1) is 5.92 Å². The van der Waals surface area contributed by atoms with Crippen LogP contribution in [0.25, 0.3) is 0 Å². The van der Waals surface area contributed by atoms with Crippen molar-refractivity contribution in [2.45, 2.75) is 50.7 Å². The molecule has 20 heavy (non-hydrogen) atoms. The van der Waals surface area contributed by atoms with Gasteiger partial charge in [0.2, 0.25) is 0 Å². The number of aliphatic hydroxyl groups excluding tert-OH is 1. The third kappa shape index (κ3) is 2.70. The quantitative estimate of drug-likeness (QED) is 0.915.